The number of nitrogens with one attached hydrogen (secondary N) is 1. The van der Waals surface area contributed by atoms with Gasteiger partial charge in [0, 0.05) is 9.77 Å². The molecule has 3 aromatic rings. The number of hydrogen-bond acceptors (Lipinski definition) is 5. The zero-order chi connectivity index (χ0) is 19.7. The van der Waals surface area contributed by atoms with Crippen LogP contribution in [0.5, 0.6) is 0 Å². The number of carbonyl (C=O) groups is 1. The fourth-order valence-corrected chi connectivity index (χ4v) is 5.22. The van der Waals surface area contributed by atoms with E-state index in [2.05, 4.69) is 10.3 Å². The molecule has 1 aliphatic rings. The molecule has 2 heterocycles. The summed E-state index contributed by atoms with van der Waals surface area (Å²) in [5.41, 5.74) is 1.14. The van der Waals surface area contributed by atoms with Gasteiger partial charge in [0.1, 0.15) is 11.4 Å². The Balaban J connectivity index is 1.58. The van der Waals surface area contributed by atoms with Crippen molar-refractivity contribution < 1.29 is 13.6 Å². The maximum atomic E-state index is 12.9. The quantitative estimate of drug-likeness (QED) is 0.624. The second kappa shape index (κ2) is 8.00. The lowest BCUT2D eigenvalue weighted by molar-refractivity contribution is -0.116. The van der Waals surface area contributed by atoms with Gasteiger partial charge in [-0.2, -0.15) is 8.78 Å². The van der Waals surface area contributed by atoms with Gasteiger partial charge >= 0.3 is 0 Å². The normalized spacial score (nSPS) is 13.7. The average molecular weight is 421 g/mol. The van der Waals surface area contributed by atoms with Crippen LogP contribution in [-0.4, -0.2) is 21.2 Å². The Morgan fingerprint density at radius 3 is 2.89 bits per heavy atom. The number of benzene rings is 1. The van der Waals surface area contributed by atoms with Crippen LogP contribution in [0.4, 0.5) is 14.5 Å². The van der Waals surface area contributed by atoms with Crippen molar-refractivity contribution in [2.45, 2.75) is 42.9 Å². The summed E-state index contributed by atoms with van der Waals surface area (Å²) in [6.45, 7) is -0.222. The molecule has 2 aromatic heterocycles. The molecule has 1 aromatic carbocycles. The highest BCUT2D eigenvalue weighted by molar-refractivity contribution is 7.99. The maximum Gasteiger partial charge on any atom is 0.288 e. The Kier molecular flexibility index (Phi) is 5.45. The highest BCUT2D eigenvalue weighted by atomic mass is 32.2. The van der Waals surface area contributed by atoms with E-state index in [-0.39, 0.29) is 17.0 Å². The number of thiophene rings is 1. The lowest BCUT2D eigenvalue weighted by atomic mass is 9.97. The first-order chi connectivity index (χ1) is 13.5. The van der Waals surface area contributed by atoms with Gasteiger partial charge in [-0.1, -0.05) is 23.9 Å². The van der Waals surface area contributed by atoms with E-state index in [1.165, 1.54) is 21.8 Å². The first-order valence-electron chi connectivity index (χ1n) is 8.86. The van der Waals surface area contributed by atoms with Crippen LogP contribution in [0.15, 0.2) is 40.3 Å². The summed E-state index contributed by atoms with van der Waals surface area (Å²) in [5.74, 6) is -3.05. The topological polar surface area (TPSA) is 64.0 Å². The van der Waals surface area contributed by atoms with Gasteiger partial charge in [-0.25, -0.2) is 4.98 Å². The number of halogens is 2. The minimum absolute atomic E-state index is 0.222. The number of fused-ring (bicyclic) bond motifs is 3. The zero-order valence-corrected chi connectivity index (χ0v) is 16.4. The van der Waals surface area contributed by atoms with Gasteiger partial charge in [0.15, 0.2) is 0 Å². The summed E-state index contributed by atoms with van der Waals surface area (Å²) < 4.78 is 26.7. The van der Waals surface area contributed by atoms with Gasteiger partial charge in [-0.05, 0) is 43.4 Å². The molecule has 0 fully saturated rings. The van der Waals surface area contributed by atoms with Crippen molar-refractivity contribution in [1.29, 1.82) is 0 Å². The first kappa shape index (κ1) is 19.1. The van der Waals surface area contributed by atoms with Crippen molar-refractivity contribution in [2.75, 3.05) is 5.32 Å². The highest BCUT2D eigenvalue weighted by Crippen LogP contribution is 2.33. The Hall–Kier alpha value is -2.26. The zero-order valence-electron chi connectivity index (χ0n) is 14.8. The predicted molar refractivity (Wildman–Crippen MR) is 107 cm³/mol. The van der Waals surface area contributed by atoms with E-state index < -0.39 is 11.7 Å². The van der Waals surface area contributed by atoms with Crippen molar-refractivity contribution in [2.24, 2.45) is 0 Å². The van der Waals surface area contributed by atoms with Crippen LogP contribution in [0.1, 0.15) is 23.3 Å². The summed E-state index contributed by atoms with van der Waals surface area (Å²) in [6.07, 6.45) is 5.38. The van der Waals surface area contributed by atoms with Gasteiger partial charge < -0.3 is 5.32 Å². The number of nitrogens with zero attached hydrogens (tertiary/aromatic N) is 2. The second-order valence-corrected chi connectivity index (χ2v) is 8.61. The number of aryl methyl sites for hydroxylation is 2. The second-order valence-electron chi connectivity index (χ2n) is 6.49. The van der Waals surface area contributed by atoms with Crippen LogP contribution >= 0.6 is 23.1 Å². The monoisotopic (exact) mass is 421 g/mol. The number of alkyl halides is 2. The van der Waals surface area contributed by atoms with Crippen LogP contribution in [0.3, 0.4) is 0 Å². The fraction of sp³-hybridized carbons (Fsp3) is 0.316. The minimum atomic E-state index is -2.59. The Bertz CT molecular complexity index is 1090. The molecular formula is C19H17F2N3O2S2. The summed E-state index contributed by atoms with van der Waals surface area (Å²) >= 11 is 1.92. The third-order valence-electron chi connectivity index (χ3n) is 4.63. The van der Waals surface area contributed by atoms with Crippen LogP contribution in [-0.2, 0) is 24.2 Å². The van der Waals surface area contributed by atoms with Crippen molar-refractivity contribution in [3.8, 4) is 0 Å². The van der Waals surface area contributed by atoms with Gasteiger partial charge in [0.2, 0.25) is 5.91 Å². The van der Waals surface area contributed by atoms with Gasteiger partial charge in [0.25, 0.3) is 11.3 Å². The number of carbonyl (C=O) groups excluding carboxylic acids is 1. The van der Waals surface area contributed by atoms with Gasteiger partial charge in [-0.3, -0.25) is 14.2 Å². The van der Waals surface area contributed by atoms with Gasteiger partial charge in [0.05, 0.1) is 17.4 Å². The van der Waals surface area contributed by atoms with Crippen molar-refractivity contribution in [1.82, 2.24) is 9.55 Å². The number of hydrogen-bond donors (Lipinski definition) is 1. The lowest BCUT2D eigenvalue weighted by Gasteiger charge is -2.12. The molecule has 28 heavy (non-hydrogen) atoms. The van der Waals surface area contributed by atoms with E-state index in [0.717, 1.165) is 31.2 Å². The predicted octanol–water partition coefficient (Wildman–Crippen LogP) is 4.29. The molecule has 4 rings (SSSR count). The SMILES string of the molecule is O=C(Cn1cnc2sc3c(c2c1=O)CCCC3)Nc1ccccc1SC(F)F. The Morgan fingerprint density at radius 2 is 2.07 bits per heavy atom. The fourth-order valence-electron chi connectivity index (χ4n) is 3.41. The number of amides is 1. The van der Waals surface area contributed by atoms with Crippen LogP contribution in [0, 0.1) is 0 Å². The van der Waals surface area contributed by atoms with E-state index in [1.807, 2.05) is 0 Å². The molecule has 146 valence electrons. The molecule has 0 saturated carbocycles. The summed E-state index contributed by atoms with van der Waals surface area (Å²) in [7, 11) is 0. The molecule has 9 heteroatoms. The molecular weight excluding hydrogens is 404 g/mol. The van der Waals surface area contributed by atoms with Gasteiger partial charge in [-0.15, -0.1) is 11.3 Å². The number of anilines is 1. The summed E-state index contributed by atoms with van der Waals surface area (Å²) in [6, 6.07) is 6.36. The molecule has 5 nitrogen and oxygen atoms in total. The van der Waals surface area contributed by atoms with Crippen LogP contribution < -0.4 is 10.9 Å². The molecule has 0 atom stereocenters. The maximum absolute atomic E-state index is 12.9. The summed E-state index contributed by atoms with van der Waals surface area (Å²) in [4.78, 5) is 31.9. The molecule has 0 unspecified atom stereocenters. The lowest BCUT2D eigenvalue weighted by Crippen LogP contribution is -2.28. The molecule has 1 N–H and O–H groups in total. The third-order valence-corrected chi connectivity index (χ3v) is 6.62. The number of para-hydroxylation sites is 1. The van der Waals surface area contributed by atoms with Crippen LogP contribution in [0.2, 0.25) is 0 Å². The Labute approximate surface area is 167 Å². The molecule has 1 amide bonds. The number of aromatic nitrogens is 2. The molecule has 0 radical (unpaired) electrons. The number of rotatable bonds is 5. The first-order valence-corrected chi connectivity index (χ1v) is 10.6. The van der Waals surface area contributed by atoms with Crippen molar-refractivity contribution >= 4 is 44.9 Å². The molecule has 0 saturated heterocycles. The van der Waals surface area contributed by atoms with E-state index in [1.54, 1.807) is 29.5 Å². The molecule has 0 spiro atoms. The standard InChI is InChI=1S/C19H17F2N3O2S2/c20-19(21)28-14-8-4-2-6-12(14)23-15(25)9-24-10-22-17-16(18(24)26)11-5-1-3-7-13(11)27-17/h2,4,6,8,10,19H,1,3,5,7,9H2,(H,23,25). The summed E-state index contributed by atoms with van der Waals surface area (Å²) in [5, 5.41) is 3.23. The van der Waals surface area contributed by atoms with Crippen molar-refractivity contribution in [3.05, 3.63) is 51.4 Å². The molecule has 0 bridgehead atoms. The Morgan fingerprint density at radius 1 is 1.29 bits per heavy atom. The van der Waals surface area contributed by atoms with E-state index in [9.17, 15) is 18.4 Å². The van der Waals surface area contributed by atoms with E-state index >= 15 is 0 Å². The largest absolute Gasteiger partial charge is 0.324 e. The average Bonchev–Trinajstić information content (AvgIpc) is 3.04. The van der Waals surface area contributed by atoms with Crippen molar-refractivity contribution in [3.63, 3.8) is 0 Å². The van der Waals surface area contributed by atoms with E-state index in [4.69, 9.17) is 0 Å². The molecule has 1 aliphatic carbocycles. The third kappa shape index (κ3) is 3.81. The highest BCUT2D eigenvalue weighted by Gasteiger charge is 2.20. The van der Waals surface area contributed by atoms with E-state index in [0.29, 0.717) is 27.7 Å². The minimum Gasteiger partial charge on any atom is -0.324 e. The van der Waals surface area contributed by atoms with Crippen LogP contribution in [0.25, 0.3) is 10.2 Å². The smallest absolute Gasteiger partial charge is 0.288 e. The molecule has 0 aliphatic heterocycles. The number of thioether (sulfide) groups is 1.